The van der Waals surface area contributed by atoms with Crippen molar-refractivity contribution in [3.63, 3.8) is 0 Å². The molecule has 1 N–H and O–H groups in total. The molecular formula is C24H26F2N6O3. The lowest BCUT2D eigenvalue weighted by atomic mass is 9.61. The highest BCUT2D eigenvalue weighted by atomic mass is 19.3. The fourth-order valence-corrected chi connectivity index (χ4v) is 4.78. The summed E-state index contributed by atoms with van der Waals surface area (Å²) in [6, 6.07) is 7.15. The average Bonchev–Trinajstić information content (AvgIpc) is 3.29. The molecule has 0 atom stereocenters. The highest BCUT2D eigenvalue weighted by Gasteiger charge is 2.56. The van der Waals surface area contributed by atoms with Crippen LogP contribution < -0.4 is 15.0 Å². The summed E-state index contributed by atoms with van der Waals surface area (Å²) in [5.74, 6) is -1.59. The van der Waals surface area contributed by atoms with Gasteiger partial charge in [0.1, 0.15) is 5.82 Å². The molecule has 5 rings (SSSR count). The number of hydrogen-bond donors (Lipinski definition) is 1. The molecule has 0 radical (unpaired) electrons. The van der Waals surface area contributed by atoms with Gasteiger partial charge in [-0.1, -0.05) is 6.07 Å². The molecule has 11 heteroatoms. The van der Waals surface area contributed by atoms with E-state index in [0.29, 0.717) is 43.6 Å². The van der Waals surface area contributed by atoms with E-state index in [1.54, 1.807) is 30.6 Å². The van der Waals surface area contributed by atoms with Crippen LogP contribution in [-0.2, 0) is 6.42 Å². The molecular weight excluding hydrogens is 458 g/mol. The van der Waals surface area contributed by atoms with Gasteiger partial charge in [-0.05, 0) is 42.9 Å². The molecule has 2 aliphatic rings. The van der Waals surface area contributed by atoms with Gasteiger partial charge in [0.05, 0.1) is 24.9 Å². The van der Waals surface area contributed by atoms with Crippen molar-refractivity contribution < 1.29 is 22.7 Å². The Balaban J connectivity index is 1.13. The number of nitrogens with zero attached hydrogens (tertiary/aromatic N) is 5. The van der Waals surface area contributed by atoms with Gasteiger partial charge in [0.2, 0.25) is 17.7 Å². The van der Waals surface area contributed by atoms with E-state index in [4.69, 9.17) is 9.15 Å². The molecule has 2 fully saturated rings. The molecule has 1 saturated heterocycles. The Labute approximate surface area is 200 Å². The number of hydrogen-bond acceptors (Lipinski definition) is 8. The Hall–Kier alpha value is -3.63. The molecule has 1 aliphatic carbocycles. The average molecular weight is 485 g/mol. The second kappa shape index (κ2) is 9.20. The van der Waals surface area contributed by atoms with Crippen LogP contribution in [-0.4, -0.2) is 51.7 Å². The minimum Gasteiger partial charge on any atom is -0.478 e. The van der Waals surface area contributed by atoms with Crippen LogP contribution in [0.3, 0.4) is 0 Å². The first-order valence-corrected chi connectivity index (χ1v) is 11.6. The topological polar surface area (TPSA) is 106 Å². The SMILES string of the molecule is CCOc1ccc(Cc2nnc(C(=O)Nc3ccc(N4CCC5(CC4)CC(F)(F)C5)nc3)o2)cn1. The Bertz CT molecular complexity index is 1160. The number of alkyl halides is 2. The van der Waals surface area contributed by atoms with Crippen LogP contribution in [0.1, 0.15) is 54.7 Å². The summed E-state index contributed by atoms with van der Waals surface area (Å²) in [7, 11) is 0. The van der Waals surface area contributed by atoms with E-state index in [1.807, 2.05) is 13.0 Å². The molecule has 3 aromatic heterocycles. The Morgan fingerprint density at radius 3 is 2.54 bits per heavy atom. The largest absolute Gasteiger partial charge is 0.478 e. The van der Waals surface area contributed by atoms with E-state index < -0.39 is 11.8 Å². The van der Waals surface area contributed by atoms with Crippen molar-refractivity contribution in [1.29, 1.82) is 0 Å². The number of carbonyl (C=O) groups excluding carboxylic acids is 1. The number of piperidine rings is 1. The van der Waals surface area contributed by atoms with Crippen molar-refractivity contribution >= 4 is 17.4 Å². The summed E-state index contributed by atoms with van der Waals surface area (Å²) in [4.78, 5) is 23.2. The number of halogens is 2. The van der Waals surface area contributed by atoms with Crippen LogP contribution in [0.2, 0.25) is 0 Å². The van der Waals surface area contributed by atoms with Crippen molar-refractivity contribution in [2.24, 2.45) is 5.41 Å². The fourth-order valence-electron chi connectivity index (χ4n) is 4.78. The standard InChI is InChI=1S/C24H26F2N6O3/c1-2-34-19-6-3-16(12-28-19)11-20-30-31-22(35-20)21(33)29-17-4-5-18(27-13-17)32-9-7-23(8-10-32)14-24(25,26)15-23/h3-6,12-13H,2,7-11,14-15H2,1H3,(H,29,33). The van der Waals surface area contributed by atoms with Crippen LogP contribution in [0.5, 0.6) is 5.88 Å². The second-order valence-corrected chi connectivity index (χ2v) is 9.17. The summed E-state index contributed by atoms with van der Waals surface area (Å²) in [5.41, 5.74) is 1.13. The molecule has 1 aliphatic heterocycles. The highest BCUT2D eigenvalue weighted by molar-refractivity contribution is 6.00. The summed E-state index contributed by atoms with van der Waals surface area (Å²) >= 11 is 0. The smallest absolute Gasteiger partial charge is 0.313 e. The number of amides is 1. The normalized spacial score (nSPS) is 18.2. The molecule has 184 valence electrons. The van der Waals surface area contributed by atoms with Crippen molar-refractivity contribution in [3.8, 4) is 5.88 Å². The van der Waals surface area contributed by atoms with Gasteiger partial charge < -0.3 is 19.4 Å². The molecule has 9 nitrogen and oxygen atoms in total. The molecule has 0 aromatic carbocycles. The molecule has 4 heterocycles. The van der Waals surface area contributed by atoms with Gasteiger partial charge >= 0.3 is 11.8 Å². The van der Waals surface area contributed by atoms with Crippen molar-refractivity contribution in [2.75, 3.05) is 29.9 Å². The first-order valence-electron chi connectivity index (χ1n) is 11.6. The van der Waals surface area contributed by atoms with E-state index in [-0.39, 0.29) is 24.1 Å². The number of rotatable bonds is 7. The van der Waals surface area contributed by atoms with Crippen LogP contribution in [0.15, 0.2) is 41.1 Å². The first-order chi connectivity index (χ1) is 16.8. The van der Waals surface area contributed by atoms with Crippen LogP contribution in [0, 0.1) is 5.41 Å². The monoisotopic (exact) mass is 484 g/mol. The van der Waals surface area contributed by atoms with Crippen molar-refractivity contribution in [3.05, 3.63) is 54.0 Å². The van der Waals surface area contributed by atoms with Gasteiger partial charge in [0.25, 0.3) is 0 Å². The van der Waals surface area contributed by atoms with Gasteiger partial charge in [0, 0.05) is 38.2 Å². The maximum atomic E-state index is 13.3. The molecule has 1 spiro atoms. The van der Waals surface area contributed by atoms with Gasteiger partial charge in [-0.15, -0.1) is 10.2 Å². The van der Waals surface area contributed by atoms with Crippen molar-refractivity contribution in [2.45, 2.75) is 45.0 Å². The Morgan fingerprint density at radius 2 is 1.91 bits per heavy atom. The number of pyridine rings is 2. The quantitative estimate of drug-likeness (QED) is 0.534. The Kier molecular flexibility index (Phi) is 6.08. The lowest BCUT2D eigenvalue weighted by molar-refractivity contribution is -0.168. The van der Waals surface area contributed by atoms with E-state index in [9.17, 15) is 13.6 Å². The summed E-state index contributed by atoms with van der Waals surface area (Å²) in [5, 5.41) is 10.5. The van der Waals surface area contributed by atoms with E-state index in [2.05, 4.69) is 30.4 Å². The lowest BCUT2D eigenvalue weighted by Crippen LogP contribution is -2.52. The Morgan fingerprint density at radius 1 is 1.11 bits per heavy atom. The maximum Gasteiger partial charge on any atom is 0.313 e. The number of carbonyl (C=O) groups is 1. The van der Waals surface area contributed by atoms with Gasteiger partial charge in [-0.25, -0.2) is 18.7 Å². The zero-order valence-corrected chi connectivity index (χ0v) is 19.3. The summed E-state index contributed by atoms with van der Waals surface area (Å²) in [6.45, 7) is 3.82. The predicted octanol–water partition coefficient (Wildman–Crippen LogP) is 4.12. The molecule has 0 unspecified atom stereocenters. The molecule has 1 amide bonds. The minimum absolute atomic E-state index is 0.000705. The zero-order valence-electron chi connectivity index (χ0n) is 19.3. The fraction of sp³-hybridized carbons (Fsp3) is 0.458. The molecule has 3 aromatic rings. The van der Waals surface area contributed by atoms with Crippen molar-refractivity contribution in [1.82, 2.24) is 20.2 Å². The lowest BCUT2D eigenvalue weighted by Gasteiger charge is -2.52. The molecule has 35 heavy (non-hydrogen) atoms. The molecule has 1 saturated carbocycles. The highest BCUT2D eigenvalue weighted by Crippen LogP contribution is 2.57. The second-order valence-electron chi connectivity index (χ2n) is 9.17. The van der Waals surface area contributed by atoms with Crippen LogP contribution in [0.4, 0.5) is 20.3 Å². The van der Waals surface area contributed by atoms with Gasteiger partial charge in [-0.3, -0.25) is 4.79 Å². The third-order valence-electron chi connectivity index (χ3n) is 6.53. The number of aromatic nitrogens is 4. The number of ether oxygens (including phenoxy) is 1. The van der Waals surface area contributed by atoms with Crippen LogP contribution >= 0.6 is 0 Å². The predicted molar refractivity (Wildman–Crippen MR) is 123 cm³/mol. The maximum absolute atomic E-state index is 13.3. The van der Waals surface area contributed by atoms with E-state index in [1.165, 1.54) is 0 Å². The zero-order chi connectivity index (χ0) is 24.5. The molecule has 0 bridgehead atoms. The van der Waals surface area contributed by atoms with E-state index in [0.717, 1.165) is 24.2 Å². The van der Waals surface area contributed by atoms with Gasteiger partial charge in [0.15, 0.2) is 0 Å². The summed E-state index contributed by atoms with van der Waals surface area (Å²) < 4.78 is 37.4. The minimum atomic E-state index is -2.49. The number of nitrogens with one attached hydrogen (secondary N) is 1. The third-order valence-corrected chi connectivity index (χ3v) is 6.53. The van der Waals surface area contributed by atoms with E-state index >= 15 is 0 Å². The third kappa shape index (κ3) is 5.23. The van der Waals surface area contributed by atoms with Gasteiger partial charge in [-0.2, -0.15) is 0 Å². The summed E-state index contributed by atoms with van der Waals surface area (Å²) in [6.07, 6.45) is 5.04. The first kappa shape index (κ1) is 23.1. The van der Waals surface area contributed by atoms with Crippen LogP contribution in [0.25, 0.3) is 0 Å². The number of anilines is 2.